The first-order chi connectivity index (χ1) is 17.4. The van der Waals surface area contributed by atoms with Gasteiger partial charge in [0, 0.05) is 5.02 Å². The standard InChI is InChI=1S/C28H19BrClNO3S2/c1-33-24-14-17(15-25-27(32)31(28(35)36-25)21-11-9-20(30)10-12-21)13-23(29)26(24)34-16-19-7-4-6-18-5-2-3-8-22(18)19/h2-15H,16H2,1H3/b25-15-. The van der Waals surface area contributed by atoms with Crippen molar-refractivity contribution in [3.05, 3.63) is 104 Å². The van der Waals surface area contributed by atoms with E-state index in [4.69, 9.17) is 33.3 Å². The Kier molecular flexibility index (Phi) is 7.34. The Morgan fingerprint density at radius 3 is 2.58 bits per heavy atom. The number of halogens is 2. The van der Waals surface area contributed by atoms with Crippen LogP contribution in [0.3, 0.4) is 0 Å². The van der Waals surface area contributed by atoms with Gasteiger partial charge in [0.1, 0.15) is 6.61 Å². The molecule has 0 aromatic heterocycles. The summed E-state index contributed by atoms with van der Waals surface area (Å²) in [4.78, 5) is 15.2. The highest BCUT2D eigenvalue weighted by Gasteiger charge is 2.33. The quantitative estimate of drug-likeness (QED) is 0.166. The number of fused-ring (bicyclic) bond motifs is 1. The van der Waals surface area contributed by atoms with Crippen LogP contribution in [0, 0.1) is 0 Å². The number of rotatable bonds is 6. The number of hydrogen-bond donors (Lipinski definition) is 0. The Morgan fingerprint density at radius 1 is 1.06 bits per heavy atom. The predicted molar refractivity (Wildman–Crippen MR) is 156 cm³/mol. The Hall–Kier alpha value is -2.84. The number of benzene rings is 4. The molecule has 1 aliphatic heterocycles. The molecule has 4 aromatic carbocycles. The van der Waals surface area contributed by atoms with Crippen molar-refractivity contribution in [1.29, 1.82) is 0 Å². The first kappa shape index (κ1) is 24.8. The van der Waals surface area contributed by atoms with E-state index in [0.29, 0.717) is 38.0 Å². The molecule has 0 radical (unpaired) electrons. The summed E-state index contributed by atoms with van der Waals surface area (Å²) >= 11 is 16.3. The van der Waals surface area contributed by atoms with Gasteiger partial charge in [-0.15, -0.1) is 0 Å². The van der Waals surface area contributed by atoms with Gasteiger partial charge in [0.15, 0.2) is 15.8 Å². The fourth-order valence-corrected chi connectivity index (χ4v) is 5.96. The fraction of sp³-hybridized carbons (Fsp3) is 0.0714. The minimum Gasteiger partial charge on any atom is -0.493 e. The lowest BCUT2D eigenvalue weighted by molar-refractivity contribution is -0.113. The number of amides is 1. The van der Waals surface area contributed by atoms with Crippen LogP contribution in [0.1, 0.15) is 11.1 Å². The molecule has 0 saturated carbocycles. The molecule has 1 saturated heterocycles. The first-order valence-electron chi connectivity index (χ1n) is 10.9. The maximum Gasteiger partial charge on any atom is 0.270 e. The fourth-order valence-electron chi connectivity index (χ4n) is 3.96. The van der Waals surface area contributed by atoms with Gasteiger partial charge in [0.2, 0.25) is 0 Å². The van der Waals surface area contributed by atoms with Crippen molar-refractivity contribution in [1.82, 2.24) is 0 Å². The zero-order valence-corrected chi connectivity index (χ0v) is 23.0. The van der Waals surface area contributed by atoms with Gasteiger partial charge in [-0.05, 0) is 80.3 Å². The monoisotopic (exact) mass is 595 g/mol. The Bertz CT molecular complexity index is 1520. The molecular weight excluding hydrogens is 578 g/mol. The van der Waals surface area contributed by atoms with Gasteiger partial charge >= 0.3 is 0 Å². The van der Waals surface area contributed by atoms with Crippen LogP contribution in [0.25, 0.3) is 16.8 Å². The summed E-state index contributed by atoms with van der Waals surface area (Å²) in [5, 5.41) is 2.91. The van der Waals surface area contributed by atoms with Gasteiger partial charge in [0.05, 0.1) is 22.2 Å². The molecule has 36 heavy (non-hydrogen) atoms. The van der Waals surface area contributed by atoms with Gasteiger partial charge in [0.25, 0.3) is 5.91 Å². The second-order valence-corrected chi connectivity index (χ2v) is 10.9. The van der Waals surface area contributed by atoms with Crippen LogP contribution >= 0.6 is 51.5 Å². The van der Waals surface area contributed by atoms with E-state index in [1.807, 2.05) is 30.3 Å². The van der Waals surface area contributed by atoms with Gasteiger partial charge in [-0.3, -0.25) is 9.69 Å². The number of methoxy groups -OCH3 is 1. The van der Waals surface area contributed by atoms with Crippen molar-refractivity contribution in [3.63, 3.8) is 0 Å². The Morgan fingerprint density at radius 2 is 1.81 bits per heavy atom. The third-order valence-electron chi connectivity index (χ3n) is 5.68. The number of thioether (sulfide) groups is 1. The van der Waals surface area contributed by atoms with Crippen LogP contribution in [-0.4, -0.2) is 17.3 Å². The summed E-state index contributed by atoms with van der Waals surface area (Å²) in [7, 11) is 1.59. The molecular formula is C28H19BrClNO3S2. The summed E-state index contributed by atoms with van der Waals surface area (Å²) in [6, 6.07) is 25.1. The van der Waals surface area contributed by atoms with Crippen LogP contribution < -0.4 is 14.4 Å². The van der Waals surface area contributed by atoms with Crippen molar-refractivity contribution in [2.24, 2.45) is 0 Å². The zero-order chi connectivity index (χ0) is 25.2. The van der Waals surface area contributed by atoms with Crippen molar-refractivity contribution in [3.8, 4) is 11.5 Å². The number of ether oxygens (including phenoxy) is 2. The van der Waals surface area contributed by atoms with E-state index in [2.05, 4.69) is 40.2 Å². The molecule has 5 rings (SSSR count). The highest BCUT2D eigenvalue weighted by atomic mass is 79.9. The molecule has 1 fully saturated rings. The van der Waals surface area contributed by atoms with Crippen LogP contribution in [0.5, 0.6) is 11.5 Å². The molecule has 0 unspecified atom stereocenters. The van der Waals surface area contributed by atoms with Gasteiger partial charge in [-0.2, -0.15) is 0 Å². The summed E-state index contributed by atoms with van der Waals surface area (Å²) in [6.45, 7) is 0.384. The molecule has 0 aliphatic carbocycles. The first-order valence-corrected chi connectivity index (χ1v) is 13.3. The Labute approximate surface area is 232 Å². The van der Waals surface area contributed by atoms with E-state index in [-0.39, 0.29) is 5.91 Å². The van der Waals surface area contributed by atoms with Crippen molar-refractivity contribution in [2.45, 2.75) is 6.61 Å². The molecule has 1 heterocycles. The van der Waals surface area contributed by atoms with Crippen molar-refractivity contribution in [2.75, 3.05) is 12.0 Å². The van der Waals surface area contributed by atoms with E-state index in [1.54, 1.807) is 37.5 Å². The zero-order valence-electron chi connectivity index (χ0n) is 19.0. The highest BCUT2D eigenvalue weighted by Crippen LogP contribution is 2.40. The van der Waals surface area contributed by atoms with Gasteiger partial charge < -0.3 is 9.47 Å². The van der Waals surface area contributed by atoms with Crippen LogP contribution in [0.15, 0.2) is 88.2 Å². The van der Waals surface area contributed by atoms with E-state index in [1.165, 1.54) is 16.7 Å². The molecule has 4 nitrogen and oxygen atoms in total. The highest BCUT2D eigenvalue weighted by molar-refractivity contribution is 9.10. The Balaban J connectivity index is 1.40. The molecule has 0 N–H and O–H groups in total. The number of carbonyl (C=O) groups excluding carboxylic acids is 1. The molecule has 0 spiro atoms. The summed E-state index contributed by atoms with van der Waals surface area (Å²) < 4.78 is 13.0. The molecule has 1 aliphatic rings. The number of anilines is 1. The van der Waals surface area contributed by atoms with Crippen LogP contribution in [0.4, 0.5) is 5.69 Å². The maximum atomic E-state index is 13.1. The normalized spacial score (nSPS) is 14.6. The third kappa shape index (κ3) is 5.02. The van der Waals surface area contributed by atoms with Gasteiger partial charge in [-0.25, -0.2) is 0 Å². The summed E-state index contributed by atoms with van der Waals surface area (Å²) in [5.74, 6) is 0.971. The molecule has 0 bridgehead atoms. The molecule has 180 valence electrons. The van der Waals surface area contributed by atoms with Crippen LogP contribution in [0.2, 0.25) is 5.02 Å². The maximum absolute atomic E-state index is 13.1. The topological polar surface area (TPSA) is 38.8 Å². The van der Waals surface area contributed by atoms with E-state index in [0.717, 1.165) is 26.4 Å². The second-order valence-electron chi connectivity index (χ2n) is 7.95. The smallest absolute Gasteiger partial charge is 0.270 e. The van der Waals surface area contributed by atoms with Gasteiger partial charge in [-0.1, -0.05) is 78.0 Å². The summed E-state index contributed by atoms with van der Waals surface area (Å²) in [5.41, 5.74) is 2.55. The number of carbonyl (C=O) groups is 1. The van der Waals surface area contributed by atoms with E-state index >= 15 is 0 Å². The SMILES string of the molecule is COc1cc(/C=C2\SC(=S)N(c3ccc(Cl)cc3)C2=O)cc(Br)c1OCc1cccc2ccccc12. The van der Waals surface area contributed by atoms with Crippen molar-refractivity contribution >= 4 is 84.3 Å². The van der Waals surface area contributed by atoms with E-state index < -0.39 is 0 Å². The number of hydrogen-bond acceptors (Lipinski definition) is 5. The lowest BCUT2D eigenvalue weighted by atomic mass is 10.1. The minimum atomic E-state index is -0.182. The summed E-state index contributed by atoms with van der Waals surface area (Å²) in [6.07, 6.45) is 1.80. The van der Waals surface area contributed by atoms with Crippen molar-refractivity contribution < 1.29 is 14.3 Å². The average molecular weight is 597 g/mol. The molecule has 8 heteroatoms. The lowest BCUT2D eigenvalue weighted by Crippen LogP contribution is -2.27. The average Bonchev–Trinajstić information content (AvgIpc) is 3.16. The number of thiocarbonyl (C=S) groups is 1. The number of nitrogens with zero attached hydrogens (tertiary/aromatic N) is 1. The largest absolute Gasteiger partial charge is 0.493 e. The molecule has 0 atom stereocenters. The molecule has 1 amide bonds. The van der Waals surface area contributed by atoms with Crippen LogP contribution in [-0.2, 0) is 11.4 Å². The predicted octanol–water partition coefficient (Wildman–Crippen LogP) is 8.25. The van der Waals surface area contributed by atoms with E-state index in [9.17, 15) is 4.79 Å². The molecule has 4 aromatic rings. The second kappa shape index (κ2) is 10.6. The lowest BCUT2D eigenvalue weighted by Gasteiger charge is -2.15. The minimum absolute atomic E-state index is 0.182. The third-order valence-corrected chi connectivity index (χ3v) is 7.82.